The first-order valence-corrected chi connectivity index (χ1v) is 7.63. The summed E-state index contributed by atoms with van der Waals surface area (Å²) in [4.78, 5) is 23.1. The Balaban J connectivity index is 2.09. The summed E-state index contributed by atoms with van der Waals surface area (Å²) in [6, 6.07) is 7.79. The average molecular weight is 335 g/mol. The van der Waals surface area contributed by atoms with Crippen LogP contribution in [0.25, 0.3) is 28.2 Å². The summed E-state index contributed by atoms with van der Waals surface area (Å²) in [6.45, 7) is 1.73. The molecule has 0 aliphatic rings. The van der Waals surface area contributed by atoms with E-state index in [1.807, 2.05) is 4.40 Å². The van der Waals surface area contributed by atoms with Crippen molar-refractivity contribution in [2.24, 2.45) is 0 Å². The number of nitrogen functional groups attached to an aromatic ring is 1. The van der Waals surface area contributed by atoms with E-state index in [9.17, 15) is 9.18 Å². The lowest BCUT2D eigenvalue weighted by atomic mass is 10.0. The number of imidazole rings is 1. The summed E-state index contributed by atoms with van der Waals surface area (Å²) < 4.78 is 15.1. The maximum Gasteiger partial charge on any atom is 0.250 e. The number of fused-ring (bicyclic) bond motifs is 1. The van der Waals surface area contributed by atoms with Gasteiger partial charge in [0.1, 0.15) is 5.82 Å². The molecule has 0 aliphatic heterocycles. The Bertz CT molecular complexity index is 1140. The Morgan fingerprint density at radius 2 is 1.96 bits per heavy atom. The van der Waals surface area contributed by atoms with Crippen LogP contribution in [0.4, 0.5) is 10.2 Å². The lowest BCUT2D eigenvalue weighted by molar-refractivity contribution is 0.628. The molecule has 0 spiro atoms. The van der Waals surface area contributed by atoms with Crippen molar-refractivity contribution in [2.45, 2.75) is 6.92 Å². The van der Waals surface area contributed by atoms with Crippen molar-refractivity contribution in [3.63, 3.8) is 0 Å². The molecule has 0 radical (unpaired) electrons. The lowest BCUT2D eigenvalue weighted by Crippen LogP contribution is -2.10. The molecule has 0 saturated carbocycles. The monoisotopic (exact) mass is 335 g/mol. The van der Waals surface area contributed by atoms with Crippen LogP contribution < -0.4 is 11.3 Å². The predicted octanol–water partition coefficient (Wildman–Crippen LogP) is 2.78. The number of hydrogen-bond acceptors (Lipinski definition) is 4. The van der Waals surface area contributed by atoms with Gasteiger partial charge in [0, 0.05) is 35.3 Å². The van der Waals surface area contributed by atoms with Crippen molar-refractivity contribution in [3.8, 4) is 22.5 Å². The van der Waals surface area contributed by atoms with Gasteiger partial charge in [-0.05, 0) is 37.3 Å². The van der Waals surface area contributed by atoms with Gasteiger partial charge in [-0.2, -0.15) is 0 Å². The van der Waals surface area contributed by atoms with Gasteiger partial charge in [-0.1, -0.05) is 0 Å². The van der Waals surface area contributed by atoms with Crippen molar-refractivity contribution in [2.75, 3.05) is 5.73 Å². The van der Waals surface area contributed by atoms with E-state index in [0.29, 0.717) is 28.2 Å². The molecule has 0 fully saturated rings. The summed E-state index contributed by atoms with van der Waals surface area (Å²) >= 11 is 0. The Hall–Kier alpha value is -3.48. The highest BCUT2D eigenvalue weighted by molar-refractivity contribution is 5.83. The molecule has 7 heteroatoms. The number of benzene rings is 1. The van der Waals surface area contributed by atoms with Crippen LogP contribution in [0.1, 0.15) is 5.56 Å². The molecule has 6 nitrogen and oxygen atoms in total. The molecule has 4 rings (SSSR count). The van der Waals surface area contributed by atoms with Crippen LogP contribution >= 0.6 is 0 Å². The fourth-order valence-electron chi connectivity index (χ4n) is 2.83. The number of nitrogens with two attached hydrogens (primary N) is 1. The second kappa shape index (κ2) is 5.55. The van der Waals surface area contributed by atoms with E-state index in [1.54, 1.807) is 43.7 Å². The highest BCUT2D eigenvalue weighted by atomic mass is 19.1. The molecule has 0 saturated heterocycles. The Labute approximate surface area is 141 Å². The van der Waals surface area contributed by atoms with Gasteiger partial charge in [0.25, 0.3) is 5.56 Å². The number of nitrogens with zero attached hydrogens (tertiary/aromatic N) is 3. The summed E-state index contributed by atoms with van der Waals surface area (Å²) in [6.07, 6.45) is 5.02. The van der Waals surface area contributed by atoms with Crippen LogP contribution in [0.2, 0.25) is 0 Å². The van der Waals surface area contributed by atoms with E-state index in [2.05, 4.69) is 15.0 Å². The first kappa shape index (κ1) is 15.1. The molecule has 0 bridgehead atoms. The Morgan fingerprint density at radius 3 is 2.68 bits per heavy atom. The Kier molecular flexibility index (Phi) is 3.35. The van der Waals surface area contributed by atoms with Crippen molar-refractivity contribution in [1.82, 2.24) is 19.4 Å². The number of halogens is 1. The molecule has 1 aromatic carbocycles. The predicted molar refractivity (Wildman–Crippen MR) is 93.6 cm³/mol. The van der Waals surface area contributed by atoms with Crippen LogP contribution in [0.5, 0.6) is 0 Å². The van der Waals surface area contributed by atoms with Gasteiger partial charge >= 0.3 is 0 Å². The topological polar surface area (TPSA) is 89.1 Å². The summed E-state index contributed by atoms with van der Waals surface area (Å²) in [7, 11) is 0. The van der Waals surface area contributed by atoms with Gasteiger partial charge in [0.2, 0.25) is 0 Å². The van der Waals surface area contributed by atoms with Gasteiger partial charge in [0.15, 0.2) is 11.5 Å². The molecular weight excluding hydrogens is 321 g/mol. The smallest absolute Gasteiger partial charge is 0.250 e. The van der Waals surface area contributed by atoms with Crippen LogP contribution in [0, 0.1) is 12.7 Å². The largest absolute Gasteiger partial charge is 0.381 e. The third kappa shape index (κ3) is 2.46. The molecule has 0 unspecified atom stereocenters. The molecule has 25 heavy (non-hydrogen) atoms. The third-order valence-electron chi connectivity index (χ3n) is 4.05. The van der Waals surface area contributed by atoms with Crippen molar-refractivity contribution in [3.05, 3.63) is 70.7 Å². The molecular formula is C18H14FN5O. The van der Waals surface area contributed by atoms with E-state index in [1.165, 1.54) is 12.1 Å². The number of nitrogens with one attached hydrogen (secondary N) is 1. The number of aromatic nitrogens is 4. The molecule has 4 aromatic rings. The SMILES string of the molecule is Cc1cc(-c2c(-c3ccc(F)cc3)nc(N)c3nccn23)c[nH]c1=O. The van der Waals surface area contributed by atoms with Crippen molar-refractivity contribution in [1.29, 1.82) is 0 Å². The van der Waals surface area contributed by atoms with E-state index < -0.39 is 0 Å². The first-order chi connectivity index (χ1) is 12.0. The van der Waals surface area contributed by atoms with Crippen LogP contribution in [0.15, 0.2) is 53.7 Å². The zero-order chi connectivity index (χ0) is 17.6. The molecule has 124 valence electrons. The highest BCUT2D eigenvalue weighted by Crippen LogP contribution is 2.32. The van der Waals surface area contributed by atoms with Gasteiger partial charge < -0.3 is 10.7 Å². The normalized spacial score (nSPS) is 11.1. The second-order valence-electron chi connectivity index (χ2n) is 5.72. The minimum atomic E-state index is -0.332. The highest BCUT2D eigenvalue weighted by Gasteiger charge is 2.17. The van der Waals surface area contributed by atoms with Crippen LogP contribution in [0.3, 0.4) is 0 Å². The van der Waals surface area contributed by atoms with Crippen molar-refractivity contribution < 1.29 is 4.39 Å². The fourth-order valence-corrected chi connectivity index (χ4v) is 2.83. The van der Waals surface area contributed by atoms with Crippen LogP contribution in [-0.4, -0.2) is 19.4 Å². The molecule has 3 N–H and O–H groups in total. The van der Waals surface area contributed by atoms with Gasteiger partial charge in [0.05, 0.1) is 11.4 Å². The number of H-pyrrole nitrogens is 1. The average Bonchev–Trinajstić information content (AvgIpc) is 3.08. The molecule has 3 aromatic heterocycles. The standard InChI is InChI=1S/C18H14FN5O/c1-10-8-12(9-22-18(10)25)15-14(11-2-4-13(19)5-3-11)23-16(20)17-21-6-7-24(15)17/h2-9H,1H3,(H2,20,23)(H,22,25). The number of aryl methyl sites for hydroxylation is 1. The minimum Gasteiger partial charge on any atom is -0.381 e. The number of hydrogen-bond donors (Lipinski definition) is 2. The number of rotatable bonds is 2. The zero-order valence-corrected chi connectivity index (χ0v) is 13.3. The second-order valence-corrected chi connectivity index (χ2v) is 5.72. The maximum absolute atomic E-state index is 13.3. The number of aromatic amines is 1. The fraction of sp³-hybridized carbons (Fsp3) is 0.0556. The Morgan fingerprint density at radius 1 is 1.20 bits per heavy atom. The zero-order valence-electron chi connectivity index (χ0n) is 13.3. The number of anilines is 1. The van der Waals surface area contributed by atoms with E-state index in [4.69, 9.17) is 5.73 Å². The van der Waals surface area contributed by atoms with Crippen LogP contribution in [-0.2, 0) is 0 Å². The molecule has 3 heterocycles. The van der Waals surface area contributed by atoms with E-state index in [0.717, 1.165) is 5.56 Å². The summed E-state index contributed by atoms with van der Waals surface area (Å²) in [5, 5.41) is 0. The molecule has 0 aliphatic carbocycles. The summed E-state index contributed by atoms with van der Waals surface area (Å²) in [5.74, 6) is -0.0592. The maximum atomic E-state index is 13.3. The third-order valence-corrected chi connectivity index (χ3v) is 4.05. The molecule has 0 atom stereocenters. The van der Waals surface area contributed by atoms with Gasteiger partial charge in [-0.25, -0.2) is 14.4 Å². The summed E-state index contributed by atoms with van der Waals surface area (Å²) in [5.41, 5.74) is 9.74. The first-order valence-electron chi connectivity index (χ1n) is 7.63. The van der Waals surface area contributed by atoms with Gasteiger partial charge in [-0.15, -0.1) is 0 Å². The van der Waals surface area contributed by atoms with E-state index in [-0.39, 0.29) is 17.2 Å². The van der Waals surface area contributed by atoms with E-state index >= 15 is 0 Å². The quantitative estimate of drug-likeness (QED) is 0.589. The minimum absolute atomic E-state index is 0.155. The van der Waals surface area contributed by atoms with Crippen molar-refractivity contribution >= 4 is 11.5 Å². The van der Waals surface area contributed by atoms with Gasteiger partial charge in [-0.3, -0.25) is 9.20 Å². The lowest BCUT2D eigenvalue weighted by Gasteiger charge is -2.14. The number of pyridine rings is 1. The molecule has 0 amide bonds.